The van der Waals surface area contributed by atoms with E-state index in [1.165, 1.54) is 19.7 Å². The van der Waals surface area contributed by atoms with Gasteiger partial charge in [-0.15, -0.1) is 0 Å². The van der Waals surface area contributed by atoms with Crippen LogP contribution in [0, 0.1) is 0 Å². The summed E-state index contributed by atoms with van der Waals surface area (Å²) in [7, 11) is 1.29. The van der Waals surface area contributed by atoms with Crippen LogP contribution >= 0.6 is 11.6 Å². The third kappa shape index (κ3) is 3.10. The first kappa shape index (κ1) is 13.1. The molecule has 1 aliphatic carbocycles. The lowest BCUT2D eigenvalue weighted by atomic mass is 9.98. The minimum Gasteiger partial charge on any atom is -0.472 e. The third-order valence-corrected chi connectivity index (χ3v) is 3.18. The van der Waals surface area contributed by atoms with Crippen LogP contribution in [0.25, 0.3) is 0 Å². The van der Waals surface area contributed by atoms with Crippen molar-refractivity contribution in [2.24, 2.45) is 0 Å². The molecule has 0 saturated heterocycles. The molecule has 1 saturated carbocycles. The molecule has 18 heavy (non-hydrogen) atoms. The topological polar surface area (TPSA) is 61.3 Å². The molecule has 1 aromatic heterocycles. The van der Waals surface area contributed by atoms with Crippen molar-refractivity contribution in [1.82, 2.24) is 9.97 Å². The highest BCUT2D eigenvalue weighted by atomic mass is 35.5. The van der Waals surface area contributed by atoms with Crippen molar-refractivity contribution < 1.29 is 14.3 Å². The maximum Gasteiger partial charge on any atom is 0.358 e. The third-order valence-electron chi connectivity index (χ3n) is 2.92. The number of carbonyl (C=O) groups excluding carboxylic acids is 1. The van der Waals surface area contributed by atoms with Gasteiger partial charge in [0, 0.05) is 0 Å². The largest absolute Gasteiger partial charge is 0.472 e. The first-order chi connectivity index (χ1) is 8.70. The highest BCUT2D eigenvalue weighted by Gasteiger charge is 2.19. The highest BCUT2D eigenvalue weighted by molar-refractivity contribution is 6.30. The van der Waals surface area contributed by atoms with Crippen LogP contribution in [0.1, 0.15) is 42.6 Å². The number of rotatable bonds is 3. The van der Waals surface area contributed by atoms with E-state index in [0.717, 1.165) is 25.7 Å². The summed E-state index contributed by atoms with van der Waals surface area (Å²) in [4.78, 5) is 19.3. The molecule has 0 radical (unpaired) electrons. The van der Waals surface area contributed by atoms with E-state index in [1.54, 1.807) is 0 Å². The Morgan fingerprint density at radius 2 is 2.11 bits per heavy atom. The number of nitrogens with zero attached hydrogens (tertiary/aromatic N) is 2. The van der Waals surface area contributed by atoms with Crippen LogP contribution in [0.3, 0.4) is 0 Å². The molecule has 0 unspecified atom stereocenters. The van der Waals surface area contributed by atoms with Gasteiger partial charge in [0.05, 0.1) is 13.3 Å². The number of methoxy groups -OCH3 is 1. The van der Waals surface area contributed by atoms with Gasteiger partial charge in [0.1, 0.15) is 6.10 Å². The molecule has 0 aromatic carbocycles. The molecule has 2 rings (SSSR count). The van der Waals surface area contributed by atoms with Gasteiger partial charge in [-0.3, -0.25) is 0 Å². The first-order valence-corrected chi connectivity index (χ1v) is 6.36. The lowest BCUT2D eigenvalue weighted by molar-refractivity contribution is 0.0590. The Morgan fingerprint density at radius 1 is 1.39 bits per heavy atom. The van der Waals surface area contributed by atoms with Gasteiger partial charge in [0.15, 0.2) is 10.8 Å². The summed E-state index contributed by atoms with van der Waals surface area (Å²) < 4.78 is 10.3. The number of hydrogen-bond donors (Lipinski definition) is 0. The Morgan fingerprint density at radius 3 is 2.78 bits per heavy atom. The van der Waals surface area contributed by atoms with Crippen LogP contribution < -0.4 is 4.74 Å². The smallest absolute Gasteiger partial charge is 0.358 e. The molecular weight excluding hydrogens is 256 g/mol. The van der Waals surface area contributed by atoms with Crippen LogP contribution in [-0.2, 0) is 4.74 Å². The Kier molecular flexibility index (Phi) is 4.36. The fraction of sp³-hybridized carbons (Fsp3) is 0.583. The normalized spacial score (nSPS) is 16.3. The molecule has 0 amide bonds. The summed E-state index contributed by atoms with van der Waals surface area (Å²) in [6, 6.07) is 0. The molecule has 5 nitrogen and oxygen atoms in total. The van der Waals surface area contributed by atoms with Gasteiger partial charge in [-0.2, -0.15) is 0 Å². The van der Waals surface area contributed by atoms with Crippen molar-refractivity contribution in [3.8, 4) is 5.88 Å². The van der Waals surface area contributed by atoms with Crippen molar-refractivity contribution in [3.05, 3.63) is 17.0 Å². The van der Waals surface area contributed by atoms with E-state index in [-0.39, 0.29) is 22.8 Å². The molecule has 0 aliphatic heterocycles. The molecular formula is C12H15ClN2O3. The molecule has 0 spiro atoms. The quantitative estimate of drug-likeness (QED) is 0.790. The van der Waals surface area contributed by atoms with Crippen LogP contribution in [0.15, 0.2) is 6.20 Å². The molecule has 1 fully saturated rings. The van der Waals surface area contributed by atoms with E-state index in [4.69, 9.17) is 16.3 Å². The summed E-state index contributed by atoms with van der Waals surface area (Å²) in [5, 5.41) is 0.174. The van der Waals surface area contributed by atoms with Crippen molar-refractivity contribution in [3.63, 3.8) is 0 Å². The maximum absolute atomic E-state index is 11.3. The van der Waals surface area contributed by atoms with Crippen LogP contribution in [0.5, 0.6) is 5.88 Å². The van der Waals surface area contributed by atoms with E-state index >= 15 is 0 Å². The molecule has 1 aliphatic rings. The van der Waals surface area contributed by atoms with Crippen LogP contribution in [0.2, 0.25) is 5.15 Å². The van der Waals surface area contributed by atoms with Crippen molar-refractivity contribution in [2.45, 2.75) is 38.2 Å². The number of ether oxygens (including phenoxy) is 2. The van der Waals surface area contributed by atoms with E-state index < -0.39 is 5.97 Å². The van der Waals surface area contributed by atoms with Gasteiger partial charge in [-0.05, 0) is 25.7 Å². The maximum atomic E-state index is 11.3. The average Bonchev–Trinajstić information content (AvgIpc) is 2.41. The van der Waals surface area contributed by atoms with Gasteiger partial charge in [-0.1, -0.05) is 18.0 Å². The minimum atomic E-state index is -0.548. The highest BCUT2D eigenvalue weighted by Crippen LogP contribution is 2.26. The number of aromatic nitrogens is 2. The minimum absolute atomic E-state index is 0.104. The zero-order valence-electron chi connectivity index (χ0n) is 10.2. The molecule has 0 atom stereocenters. The second-order valence-corrected chi connectivity index (χ2v) is 4.58. The average molecular weight is 271 g/mol. The van der Waals surface area contributed by atoms with Gasteiger partial charge in [0.25, 0.3) is 5.88 Å². The Hall–Kier alpha value is -1.36. The van der Waals surface area contributed by atoms with E-state index in [1.807, 2.05) is 0 Å². The monoisotopic (exact) mass is 270 g/mol. The van der Waals surface area contributed by atoms with E-state index in [2.05, 4.69) is 14.7 Å². The van der Waals surface area contributed by atoms with Gasteiger partial charge >= 0.3 is 5.97 Å². The van der Waals surface area contributed by atoms with Gasteiger partial charge in [-0.25, -0.2) is 14.8 Å². The zero-order chi connectivity index (χ0) is 13.0. The Labute approximate surface area is 110 Å². The second kappa shape index (κ2) is 6.00. The van der Waals surface area contributed by atoms with Gasteiger partial charge < -0.3 is 9.47 Å². The van der Waals surface area contributed by atoms with Crippen LogP contribution in [-0.4, -0.2) is 29.2 Å². The fourth-order valence-electron chi connectivity index (χ4n) is 1.98. The number of carbonyl (C=O) groups is 1. The number of halogens is 1. The lowest BCUT2D eigenvalue weighted by Gasteiger charge is -2.22. The van der Waals surface area contributed by atoms with Crippen molar-refractivity contribution in [2.75, 3.05) is 7.11 Å². The molecule has 0 N–H and O–H groups in total. The van der Waals surface area contributed by atoms with E-state index in [9.17, 15) is 4.79 Å². The van der Waals surface area contributed by atoms with Crippen LogP contribution in [0.4, 0.5) is 0 Å². The molecule has 0 bridgehead atoms. The Balaban J connectivity index is 2.12. The summed E-state index contributed by atoms with van der Waals surface area (Å²) >= 11 is 5.91. The SMILES string of the molecule is COC(=O)c1cnc(Cl)c(OC2CCCCC2)n1. The fourth-order valence-corrected chi connectivity index (χ4v) is 2.11. The summed E-state index contributed by atoms with van der Waals surface area (Å²) in [5.41, 5.74) is 0.104. The molecule has 6 heteroatoms. The Bertz CT molecular complexity index is 433. The van der Waals surface area contributed by atoms with Crippen molar-refractivity contribution >= 4 is 17.6 Å². The predicted molar refractivity (Wildman–Crippen MR) is 65.9 cm³/mol. The zero-order valence-corrected chi connectivity index (χ0v) is 10.9. The van der Waals surface area contributed by atoms with Crippen molar-refractivity contribution in [1.29, 1.82) is 0 Å². The summed E-state index contributed by atoms with van der Waals surface area (Å²) in [5.74, 6) is -0.334. The molecule has 98 valence electrons. The summed E-state index contributed by atoms with van der Waals surface area (Å²) in [6.45, 7) is 0. The number of hydrogen-bond acceptors (Lipinski definition) is 5. The molecule has 1 heterocycles. The second-order valence-electron chi connectivity index (χ2n) is 4.22. The number of esters is 1. The predicted octanol–water partition coefficient (Wildman–Crippen LogP) is 2.63. The summed E-state index contributed by atoms with van der Waals surface area (Å²) in [6.07, 6.45) is 6.89. The molecule has 1 aromatic rings. The first-order valence-electron chi connectivity index (χ1n) is 5.98. The van der Waals surface area contributed by atoms with E-state index in [0.29, 0.717) is 0 Å². The van der Waals surface area contributed by atoms with Gasteiger partial charge in [0.2, 0.25) is 0 Å². The standard InChI is InChI=1S/C12H15ClN2O3/c1-17-12(16)9-7-14-10(13)11(15-9)18-8-5-3-2-4-6-8/h7-8H,2-6H2,1H3. The lowest BCUT2D eigenvalue weighted by Crippen LogP contribution is -2.21.